The van der Waals surface area contributed by atoms with Crippen LogP contribution in [-0.4, -0.2) is 13.3 Å². The van der Waals surface area contributed by atoms with Crippen molar-refractivity contribution in [2.75, 3.05) is 7.11 Å². The summed E-state index contributed by atoms with van der Waals surface area (Å²) in [5.41, 5.74) is 3.23. The third kappa shape index (κ3) is 7.52. The fraction of sp³-hybridized carbons (Fsp3) is 0.217. The topological polar surface area (TPSA) is 34.7 Å². The van der Waals surface area contributed by atoms with Gasteiger partial charge in [0.1, 0.15) is 18.9 Å². The van der Waals surface area contributed by atoms with Crippen LogP contribution in [0.5, 0.6) is 5.75 Å². The van der Waals surface area contributed by atoms with Crippen molar-refractivity contribution in [1.82, 2.24) is 0 Å². The van der Waals surface area contributed by atoms with Gasteiger partial charge >= 0.3 is 0 Å². The fourth-order valence-electron chi connectivity index (χ4n) is 2.78. The number of halogens is 2. The molecule has 6 heteroatoms. The number of oxime groups is 1. The Morgan fingerprint density at radius 1 is 1.00 bits per heavy atom. The Balaban J connectivity index is 0.00000300. The van der Waals surface area contributed by atoms with Gasteiger partial charge in [0.15, 0.2) is 12.4 Å². The molecule has 0 amide bonds. The first-order valence-corrected chi connectivity index (χ1v) is 9.63. The van der Waals surface area contributed by atoms with E-state index in [0.717, 1.165) is 36.3 Å². The smallest absolute Gasteiger partial charge is 0.169 e. The SMILES string of the molecule is COc1ccc(CCC[n+]2ccc(/C=N/OCc3ccccc3Cl)cc2)cc1.[Br-]. The van der Waals surface area contributed by atoms with Crippen molar-refractivity contribution >= 4 is 17.8 Å². The number of hydrogen-bond donors (Lipinski definition) is 0. The van der Waals surface area contributed by atoms with E-state index in [-0.39, 0.29) is 17.0 Å². The number of aryl methyl sites for hydroxylation is 2. The second kappa shape index (κ2) is 12.2. The molecule has 0 fully saturated rings. The van der Waals surface area contributed by atoms with Crippen LogP contribution in [0.1, 0.15) is 23.1 Å². The molecule has 1 heterocycles. The van der Waals surface area contributed by atoms with Crippen LogP contribution in [-0.2, 0) is 24.4 Å². The highest BCUT2D eigenvalue weighted by Crippen LogP contribution is 2.15. The summed E-state index contributed by atoms with van der Waals surface area (Å²) in [6, 6.07) is 19.9. The van der Waals surface area contributed by atoms with Crippen LogP contribution >= 0.6 is 11.6 Å². The number of ether oxygens (including phenoxy) is 1. The molecule has 0 saturated carbocycles. The maximum absolute atomic E-state index is 6.09. The van der Waals surface area contributed by atoms with E-state index in [4.69, 9.17) is 21.2 Å². The Morgan fingerprint density at radius 3 is 2.41 bits per heavy atom. The van der Waals surface area contributed by atoms with Crippen molar-refractivity contribution in [3.05, 3.63) is 94.8 Å². The van der Waals surface area contributed by atoms with E-state index in [1.807, 2.05) is 48.5 Å². The molecule has 0 aliphatic rings. The lowest BCUT2D eigenvalue weighted by atomic mass is 10.1. The highest BCUT2D eigenvalue weighted by atomic mass is 79.9. The molecular weight excluding hydrogens is 452 g/mol. The molecule has 2 aromatic carbocycles. The van der Waals surface area contributed by atoms with Crippen LogP contribution in [0.3, 0.4) is 0 Å². The number of nitrogens with zero attached hydrogens (tertiary/aromatic N) is 2. The molecule has 0 bridgehead atoms. The number of rotatable bonds is 9. The predicted octanol–water partition coefficient (Wildman–Crippen LogP) is 1.82. The zero-order valence-electron chi connectivity index (χ0n) is 16.3. The van der Waals surface area contributed by atoms with Gasteiger partial charge in [-0.1, -0.05) is 47.1 Å². The zero-order chi connectivity index (χ0) is 19.6. The summed E-state index contributed by atoms with van der Waals surface area (Å²) >= 11 is 6.09. The maximum Gasteiger partial charge on any atom is 0.169 e. The molecule has 0 spiro atoms. The average Bonchev–Trinajstić information content (AvgIpc) is 2.74. The van der Waals surface area contributed by atoms with Crippen LogP contribution in [0.15, 0.2) is 78.2 Å². The first kappa shape index (κ1) is 22.9. The van der Waals surface area contributed by atoms with Gasteiger partial charge in [0.25, 0.3) is 0 Å². The first-order valence-electron chi connectivity index (χ1n) is 9.25. The van der Waals surface area contributed by atoms with E-state index < -0.39 is 0 Å². The number of aromatic nitrogens is 1. The van der Waals surface area contributed by atoms with E-state index in [1.54, 1.807) is 13.3 Å². The van der Waals surface area contributed by atoms with Crippen LogP contribution in [0, 0.1) is 0 Å². The summed E-state index contributed by atoms with van der Waals surface area (Å²) in [5.74, 6) is 0.895. The molecule has 0 aliphatic carbocycles. The summed E-state index contributed by atoms with van der Waals surface area (Å²) in [7, 11) is 1.69. The van der Waals surface area contributed by atoms with Crippen molar-refractivity contribution in [2.24, 2.45) is 5.16 Å². The van der Waals surface area contributed by atoms with E-state index >= 15 is 0 Å². The van der Waals surface area contributed by atoms with Gasteiger partial charge in [-0.05, 0) is 30.2 Å². The van der Waals surface area contributed by atoms with Gasteiger partial charge in [0.2, 0.25) is 0 Å². The van der Waals surface area contributed by atoms with Crippen LogP contribution in [0.25, 0.3) is 0 Å². The zero-order valence-corrected chi connectivity index (χ0v) is 18.6. The predicted molar refractivity (Wildman–Crippen MR) is 112 cm³/mol. The van der Waals surface area contributed by atoms with Gasteiger partial charge in [-0.3, -0.25) is 0 Å². The lowest BCUT2D eigenvalue weighted by Gasteiger charge is -2.03. The molecule has 4 nitrogen and oxygen atoms in total. The molecule has 3 rings (SSSR count). The molecular formula is C23H24BrClN2O2. The Hall–Kier alpha value is -2.37. The lowest BCUT2D eigenvalue weighted by Crippen LogP contribution is -3.00. The Bertz CT molecular complexity index is 900. The third-order valence-corrected chi connectivity index (χ3v) is 4.78. The van der Waals surface area contributed by atoms with E-state index in [0.29, 0.717) is 11.6 Å². The summed E-state index contributed by atoms with van der Waals surface area (Å²) in [6.45, 7) is 1.32. The maximum atomic E-state index is 6.09. The standard InChI is InChI=1S/C23H24ClN2O2.BrH/c1-27-22-10-8-19(9-11-22)5-4-14-26-15-12-20(13-16-26)17-25-28-18-21-6-2-3-7-23(21)24;/h2-3,6-13,15-17H,4-5,14,18H2,1H3;1H/q+1;/p-1/b25-17+;. The number of benzene rings is 2. The van der Waals surface area contributed by atoms with Gasteiger partial charge in [-0.15, -0.1) is 0 Å². The average molecular weight is 476 g/mol. The second-order valence-electron chi connectivity index (χ2n) is 6.42. The number of hydrogen-bond acceptors (Lipinski definition) is 3. The Morgan fingerprint density at radius 2 is 1.72 bits per heavy atom. The Kier molecular flexibility index (Phi) is 9.68. The number of pyridine rings is 1. The molecule has 0 aliphatic heterocycles. The highest BCUT2D eigenvalue weighted by molar-refractivity contribution is 6.31. The van der Waals surface area contributed by atoms with Crippen LogP contribution < -0.4 is 26.3 Å². The fourth-order valence-corrected chi connectivity index (χ4v) is 2.97. The minimum absolute atomic E-state index is 0. The van der Waals surface area contributed by atoms with Gasteiger partial charge in [-0.25, -0.2) is 4.57 Å². The summed E-state index contributed by atoms with van der Waals surface area (Å²) in [6.07, 6.45) is 7.94. The lowest BCUT2D eigenvalue weighted by molar-refractivity contribution is -0.697. The van der Waals surface area contributed by atoms with Gasteiger partial charge in [0.05, 0.1) is 13.3 Å². The second-order valence-corrected chi connectivity index (χ2v) is 6.83. The van der Waals surface area contributed by atoms with E-state index in [1.165, 1.54) is 5.56 Å². The molecule has 152 valence electrons. The van der Waals surface area contributed by atoms with Crippen molar-refractivity contribution in [1.29, 1.82) is 0 Å². The third-order valence-electron chi connectivity index (χ3n) is 4.41. The van der Waals surface area contributed by atoms with Crippen molar-refractivity contribution < 1.29 is 31.1 Å². The normalized spacial score (nSPS) is 10.6. The minimum Gasteiger partial charge on any atom is -1.00 e. The molecule has 0 saturated heterocycles. The van der Waals surface area contributed by atoms with Gasteiger partial charge < -0.3 is 26.6 Å². The molecule has 1 aromatic heterocycles. The van der Waals surface area contributed by atoms with Crippen LogP contribution in [0.4, 0.5) is 0 Å². The Labute approximate surface area is 187 Å². The summed E-state index contributed by atoms with van der Waals surface area (Å²) < 4.78 is 7.36. The summed E-state index contributed by atoms with van der Waals surface area (Å²) in [5, 5.41) is 4.71. The number of methoxy groups -OCH3 is 1. The largest absolute Gasteiger partial charge is 1.00 e. The minimum atomic E-state index is 0. The van der Waals surface area contributed by atoms with E-state index in [9.17, 15) is 0 Å². The van der Waals surface area contributed by atoms with Crippen molar-refractivity contribution in [3.63, 3.8) is 0 Å². The van der Waals surface area contributed by atoms with Gasteiger partial charge in [-0.2, -0.15) is 0 Å². The molecule has 29 heavy (non-hydrogen) atoms. The molecule has 0 unspecified atom stereocenters. The van der Waals surface area contributed by atoms with Gasteiger partial charge in [0, 0.05) is 34.7 Å². The quantitative estimate of drug-likeness (QED) is 0.269. The van der Waals surface area contributed by atoms with Crippen molar-refractivity contribution in [3.8, 4) is 5.75 Å². The monoisotopic (exact) mass is 474 g/mol. The molecule has 3 aromatic rings. The van der Waals surface area contributed by atoms with E-state index in [2.05, 4.69) is 34.2 Å². The highest BCUT2D eigenvalue weighted by Gasteiger charge is 2.02. The summed E-state index contributed by atoms with van der Waals surface area (Å²) in [4.78, 5) is 5.33. The van der Waals surface area contributed by atoms with Crippen LogP contribution in [0.2, 0.25) is 5.02 Å². The first-order chi connectivity index (χ1) is 13.7. The molecule has 0 N–H and O–H groups in total. The van der Waals surface area contributed by atoms with Crippen molar-refractivity contribution in [2.45, 2.75) is 26.0 Å². The molecule has 0 radical (unpaired) electrons. The molecule has 0 atom stereocenters.